The number of benzene rings is 2. The van der Waals surface area contributed by atoms with Gasteiger partial charge in [0.1, 0.15) is 13.8 Å². The molecule has 4 rings (SSSR count). The Kier molecular flexibility index (Phi) is 6.97. The third-order valence-corrected chi connectivity index (χ3v) is 8.09. The van der Waals surface area contributed by atoms with Crippen molar-refractivity contribution in [2.24, 2.45) is 0 Å². The van der Waals surface area contributed by atoms with Crippen molar-refractivity contribution in [3.05, 3.63) is 106 Å². The first kappa shape index (κ1) is 25.3. The van der Waals surface area contributed by atoms with E-state index in [4.69, 9.17) is 11.6 Å². The van der Waals surface area contributed by atoms with Crippen molar-refractivity contribution in [1.29, 1.82) is 0 Å². The molecule has 0 fully saturated rings. The number of hydrogen-bond acceptors (Lipinski definition) is 1. The highest BCUT2D eigenvalue weighted by Gasteiger charge is 2.37. The van der Waals surface area contributed by atoms with Crippen molar-refractivity contribution < 1.29 is 4.58 Å². The van der Waals surface area contributed by atoms with Crippen LogP contribution in [0.25, 0.3) is 0 Å². The van der Waals surface area contributed by atoms with E-state index in [-0.39, 0.29) is 10.8 Å². The second-order valence-electron chi connectivity index (χ2n) is 11.0. The fourth-order valence-corrected chi connectivity index (χ4v) is 5.79. The van der Waals surface area contributed by atoms with Gasteiger partial charge in [-0.15, -0.1) is 0 Å². The van der Waals surface area contributed by atoms with Crippen LogP contribution in [0.2, 0.25) is 0 Å². The summed E-state index contributed by atoms with van der Waals surface area (Å²) in [4.78, 5) is 2.31. The molecule has 1 heterocycles. The highest BCUT2D eigenvalue weighted by atomic mass is 35.5. The minimum atomic E-state index is -0.0239. The van der Waals surface area contributed by atoms with Gasteiger partial charge in [0.2, 0.25) is 5.69 Å². The summed E-state index contributed by atoms with van der Waals surface area (Å²) in [5.74, 6) is 0. The summed E-state index contributed by atoms with van der Waals surface area (Å²) in [6, 6.07) is 17.2. The van der Waals surface area contributed by atoms with Gasteiger partial charge in [-0.1, -0.05) is 93.9 Å². The molecular formula is C32H38ClN2+. The Morgan fingerprint density at radius 1 is 1.06 bits per heavy atom. The van der Waals surface area contributed by atoms with Gasteiger partial charge in [-0.2, -0.15) is 0 Å². The number of hydrogen-bond donors (Lipinski definition) is 0. The molecule has 35 heavy (non-hydrogen) atoms. The van der Waals surface area contributed by atoms with Crippen LogP contribution in [0.3, 0.4) is 0 Å². The van der Waals surface area contributed by atoms with Gasteiger partial charge in [0, 0.05) is 40.5 Å². The zero-order valence-electron chi connectivity index (χ0n) is 22.0. The molecule has 2 aliphatic rings. The van der Waals surface area contributed by atoms with Crippen molar-refractivity contribution in [1.82, 2.24) is 0 Å². The van der Waals surface area contributed by atoms with Crippen molar-refractivity contribution >= 4 is 29.7 Å². The van der Waals surface area contributed by atoms with Gasteiger partial charge < -0.3 is 4.90 Å². The van der Waals surface area contributed by atoms with Crippen LogP contribution in [-0.2, 0) is 10.8 Å². The lowest BCUT2D eigenvalue weighted by Gasteiger charge is -2.24. The predicted octanol–water partition coefficient (Wildman–Crippen LogP) is 8.41. The SMILES string of the molecule is C=[N+](C)c1ccccc1C(C)(C)CC=CC1=C(Cl)C(=CC=C2N(C)c3ccccc3C2(C)C)CC1. The summed E-state index contributed by atoms with van der Waals surface area (Å²) < 4.78 is 1.95. The van der Waals surface area contributed by atoms with Gasteiger partial charge in [-0.3, -0.25) is 0 Å². The molecule has 0 unspecified atom stereocenters. The van der Waals surface area contributed by atoms with Crippen molar-refractivity contribution in [3.8, 4) is 0 Å². The molecule has 0 spiro atoms. The fourth-order valence-electron chi connectivity index (χ4n) is 5.47. The lowest BCUT2D eigenvalue weighted by molar-refractivity contribution is -0.395. The minimum Gasteiger partial charge on any atom is -0.347 e. The van der Waals surface area contributed by atoms with Crippen molar-refractivity contribution in [3.63, 3.8) is 0 Å². The van der Waals surface area contributed by atoms with Crippen molar-refractivity contribution in [2.45, 2.75) is 57.8 Å². The molecule has 0 aromatic heterocycles. The summed E-state index contributed by atoms with van der Waals surface area (Å²) in [5.41, 5.74) is 8.88. The molecule has 1 aliphatic heterocycles. The van der Waals surface area contributed by atoms with Crippen LogP contribution in [0.1, 0.15) is 58.1 Å². The molecule has 3 heteroatoms. The number of halogens is 1. The van der Waals surface area contributed by atoms with Crippen LogP contribution in [0.5, 0.6) is 0 Å². The maximum absolute atomic E-state index is 6.86. The Balaban J connectivity index is 1.52. The van der Waals surface area contributed by atoms with Crippen molar-refractivity contribution in [2.75, 3.05) is 19.0 Å². The molecule has 182 valence electrons. The van der Waals surface area contributed by atoms with E-state index in [1.165, 1.54) is 39.3 Å². The van der Waals surface area contributed by atoms with Crippen LogP contribution in [0.15, 0.2) is 94.7 Å². The number of allylic oxidation sites excluding steroid dienone is 8. The molecule has 0 saturated heterocycles. The second kappa shape index (κ2) is 9.66. The molecule has 1 aliphatic carbocycles. The van der Waals surface area contributed by atoms with E-state index in [0.29, 0.717) is 0 Å². The summed E-state index contributed by atoms with van der Waals surface area (Å²) in [5, 5.41) is 0.907. The van der Waals surface area contributed by atoms with E-state index < -0.39 is 0 Å². The van der Waals surface area contributed by atoms with E-state index >= 15 is 0 Å². The quantitative estimate of drug-likeness (QED) is 0.294. The number of likely N-dealkylation sites (N-methyl/N-ethyl adjacent to an activating group) is 1. The molecule has 2 aromatic rings. The van der Waals surface area contributed by atoms with Gasteiger partial charge in [0.25, 0.3) is 0 Å². The molecule has 0 bridgehead atoms. The normalized spacial score (nSPS) is 19.9. The second-order valence-corrected chi connectivity index (χ2v) is 11.4. The maximum Gasteiger partial charge on any atom is 0.208 e. The first-order chi connectivity index (χ1) is 16.5. The van der Waals surface area contributed by atoms with Crippen LogP contribution in [-0.4, -0.2) is 25.4 Å². The number of fused-ring (bicyclic) bond motifs is 1. The average Bonchev–Trinajstić information content (AvgIpc) is 3.26. The summed E-state index contributed by atoms with van der Waals surface area (Å²) >= 11 is 6.86. The average molecular weight is 486 g/mol. The van der Waals surface area contributed by atoms with Gasteiger partial charge in [-0.25, -0.2) is 4.58 Å². The van der Waals surface area contributed by atoms with E-state index in [1.807, 2.05) is 11.6 Å². The highest BCUT2D eigenvalue weighted by Crippen LogP contribution is 2.47. The Morgan fingerprint density at radius 3 is 2.46 bits per heavy atom. The van der Waals surface area contributed by atoms with Gasteiger partial charge >= 0.3 is 0 Å². The maximum atomic E-state index is 6.86. The largest absolute Gasteiger partial charge is 0.347 e. The fraction of sp³-hybridized carbons (Fsp3) is 0.344. The molecule has 0 amide bonds. The summed E-state index contributed by atoms with van der Waals surface area (Å²) in [6.07, 6.45) is 11.9. The Labute approximate surface area is 216 Å². The molecule has 0 N–H and O–H groups in total. The topological polar surface area (TPSA) is 6.25 Å². The molecular weight excluding hydrogens is 448 g/mol. The lowest BCUT2D eigenvalue weighted by atomic mass is 9.80. The standard InChI is InChI=1S/C32H38ClN2/c1-31(2,25-14-8-10-16-27(25)34(5)6)22-12-13-23-18-19-24(30(23)33)20-21-29-32(3,4)26-15-9-11-17-28(26)35(29)7/h8-17,20-21H,5,18-19,22H2,1-4,6-7H3/q+1. The van der Waals surface area contributed by atoms with Gasteiger partial charge in [-0.05, 0) is 53.5 Å². The molecule has 2 aromatic carbocycles. The molecule has 0 radical (unpaired) electrons. The lowest BCUT2D eigenvalue weighted by Crippen LogP contribution is -2.22. The third-order valence-electron chi connectivity index (χ3n) is 7.60. The number of nitrogens with zero attached hydrogens (tertiary/aromatic N) is 2. The highest BCUT2D eigenvalue weighted by molar-refractivity contribution is 6.33. The van der Waals surface area contributed by atoms with Crippen LogP contribution >= 0.6 is 11.6 Å². The molecule has 0 saturated carbocycles. The van der Waals surface area contributed by atoms with E-state index in [1.54, 1.807) is 0 Å². The van der Waals surface area contributed by atoms with Gasteiger partial charge in [0.15, 0.2) is 0 Å². The Bertz CT molecular complexity index is 1270. The third kappa shape index (κ3) is 4.82. The van der Waals surface area contributed by atoms with E-state index in [9.17, 15) is 0 Å². The Morgan fingerprint density at radius 2 is 1.74 bits per heavy atom. The smallest absolute Gasteiger partial charge is 0.208 e. The summed E-state index contributed by atoms with van der Waals surface area (Å²) in [6.45, 7) is 13.3. The first-order valence-corrected chi connectivity index (χ1v) is 12.9. The van der Waals surface area contributed by atoms with E-state index in [2.05, 4.69) is 119 Å². The number of rotatable bonds is 6. The zero-order valence-corrected chi connectivity index (χ0v) is 22.8. The van der Waals surface area contributed by atoms with Crippen LogP contribution < -0.4 is 4.90 Å². The molecule has 2 nitrogen and oxygen atoms in total. The minimum absolute atomic E-state index is 0.00141. The number of anilines is 1. The predicted molar refractivity (Wildman–Crippen MR) is 152 cm³/mol. The number of para-hydroxylation sites is 2. The zero-order chi connectivity index (χ0) is 25.4. The molecule has 0 atom stereocenters. The Hall–Kier alpha value is -2.84. The van der Waals surface area contributed by atoms with Crippen LogP contribution in [0, 0.1) is 0 Å². The first-order valence-electron chi connectivity index (χ1n) is 12.5. The van der Waals surface area contributed by atoms with Crippen LogP contribution in [0.4, 0.5) is 11.4 Å². The monoisotopic (exact) mass is 485 g/mol. The van der Waals surface area contributed by atoms with Gasteiger partial charge in [0.05, 0.1) is 0 Å². The van der Waals surface area contributed by atoms with E-state index in [0.717, 1.165) is 24.3 Å². The summed E-state index contributed by atoms with van der Waals surface area (Å²) in [7, 11) is 4.16.